The molecule has 2 aromatic carbocycles. The number of nitrogens with one attached hydrogen (secondary N) is 1. The molecular formula is C24H25ClN2O6. The van der Waals surface area contributed by atoms with Crippen LogP contribution < -0.4 is 24.3 Å². The van der Waals surface area contributed by atoms with Crippen LogP contribution in [0.3, 0.4) is 0 Å². The Morgan fingerprint density at radius 3 is 2.61 bits per heavy atom. The first-order valence-electron chi connectivity index (χ1n) is 11.1. The van der Waals surface area contributed by atoms with Gasteiger partial charge in [-0.1, -0.05) is 11.6 Å². The molecule has 0 saturated carbocycles. The van der Waals surface area contributed by atoms with E-state index in [1.54, 1.807) is 29.2 Å². The minimum atomic E-state index is -0.146. The van der Waals surface area contributed by atoms with Crippen LogP contribution in [-0.4, -0.2) is 49.8 Å². The Hall–Kier alpha value is -3.13. The molecule has 5 rings (SSSR count). The van der Waals surface area contributed by atoms with Crippen LogP contribution in [-0.2, 0) is 16.0 Å². The Balaban J connectivity index is 1.15. The van der Waals surface area contributed by atoms with Gasteiger partial charge >= 0.3 is 0 Å². The summed E-state index contributed by atoms with van der Waals surface area (Å²) in [6.45, 7) is 2.38. The Labute approximate surface area is 196 Å². The molecule has 2 amide bonds. The fourth-order valence-electron chi connectivity index (χ4n) is 4.28. The minimum Gasteiger partial charge on any atom is -0.489 e. The van der Waals surface area contributed by atoms with E-state index in [4.69, 9.17) is 30.5 Å². The molecule has 9 heteroatoms. The summed E-state index contributed by atoms with van der Waals surface area (Å²) >= 11 is 6.35. The van der Waals surface area contributed by atoms with Gasteiger partial charge in [0.05, 0.1) is 24.7 Å². The van der Waals surface area contributed by atoms with Gasteiger partial charge < -0.3 is 29.2 Å². The number of likely N-dealkylation sites (tertiary alicyclic amines) is 1. The SMILES string of the molecule is O=C(Nc1ccc2c(c1)OCO2)C1CCN(C(=O)Cc2cc(Cl)c3c(c2)OCCCO3)CC1. The highest BCUT2D eigenvalue weighted by molar-refractivity contribution is 6.32. The monoisotopic (exact) mass is 472 g/mol. The Morgan fingerprint density at radius 2 is 1.76 bits per heavy atom. The van der Waals surface area contributed by atoms with Crippen molar-refractivity contribution in [2.45, 2.75) is 25.7 Å². The smallest absolute Gasteiger partial charge is 0.231 e. The van der Waals surface area contributed by atoms with Crippen molar-refractivity contribution in [1.82, 2.24) is 4.90 Å². The molecule has 3 aliphatic rings. The molecule has 2 aromatic rings. The van der Waals surface area contributed by atoms with Crippen molar-refractivity contribution in [2.75, 3.05) is 38.4 Å². The molecule has 3 aliphatic heterocycles. The number of anilines is 1. The molecule has 3 heterocycles. The molecule has 1 N–H and O–H groups in total. The number of benzene rings is 2. The number of fused-ring (bicyclic) bond motifs is 2. The molecule has 8 nitrogen and oxygen atoms in total. The number of hydrogen-bond acceptors (Lipinski definition) is 6. The average molecular weight is 473 g/mol. The Kier molecular flexibility index (Phi) is 6.17. The normalized spacial score (nSPS) is 17.4. The first kappa shape index (κ1) is 21.7. The summed E-state index contributed by atoms with van der Waals surface area (Å²) in [5.74, 6) is 2.25. The third kappa shape index (κ3) is 4.80. The Morgan fingerprint density at radius 1 is 0.970 bits per heavy atom. The van der Waals surface area contributed by atoms with Crippen molar-refractivity contribution in [1.29, 1.82) is 0 Å². The fraction of sp³-hybridized carbons (Fsp3) is 0.417. The summed E-state index contributed by atoms with van der Waals surface area (Å²) in [4.78, 5) is 27.4. The number of nitrogens with zero attached hydrogens (tertiary/aromatic N) is 1. The number of halogens is 1. The van der Waals surface area contributed by atoms with Crippen LogP contribution in [0, 0.1) is 5.92 Å². The first-order valence-corrected chi connectivity index (χ1v) is 11.5. The van der Waals surface area contributed by atoms with Gasteiger partial charge in [0.15, 0.2) is 23.0 Å². The summed E-state index contributed by atoms with van der Waals surface area (Å²) in [5.41, 5.74) is 1.46. The van der Waals surface area contributed by atoms with Crippen LogP contribution in [0.2, 0.25) is 5.02 Å². The second kappa shape index (κ2) is 9.39. The summed E-state index contributed by atoms with van der Waals surface area (Å²) < 4.78 is 22.0. The highest BCUT2D eigenvalue weighted by Gasteiger charge is 2.28. The fourth-order valence-corrected chi connectivity index (χ4v) is 4.57. The van der Waals surface area contributed by atoms with Crippen LogP contribution in [0.15, 0.2) is 30.3 Å². The zero-order valence-electron chi connectivity index (χ0n) is 18.1. The summed E-state index contributed by atoms with van der Waals surface area (Å²) in [6.07, 6.45) is 2.24. The van der Waals surface area contributed by atoms with Crippen molar-refractivity contribution < 1.29 is 28.5 Å². The zero-order chi connectivity index (χ0) is 22.8. The molecule has 0 spiro atoms. The van der Waals surface area contributed by atoms with Gasteiger partial charge in [-0.15, -0.1) is 0 Å². The third-order valence-corrected chi connectivity index (χ3v) is 6.36. The topological polar surface area (TPSA) is 86.3 Å². The van der Waals surface area contributed by atoms with Gasteiger partial charge in [0.25, 0.3) is 0 Å². The highest BCUT2D eigenvalue weighted by Crippen LogP contribution is 2.38. The van der Waals surface area contributed by atoms with Gasteiger partial charge in [-0.25, -0.2) is 0 Å². The molecular weight excluding hydrogens is 448 g/mol. The van der Waals surface area contributed by atoms with Crippen molar-refractivity contribution in [2.24, 2.45) is 5.92 Å². The van der Waals surface area contributed by atoms with Gasteiger partial charge in [-0.2, -0.15) is 0 Å². The molecule has 0 aliphatic carbocycles. The quantitative estimate of drug-likeness (QED) is 0.731. The second-order valence-electron chi connectivity index (χ2n) is 8.34. The van der Waals surface area contributed by atoms with Crippen LogP contribution >= 0.6 is 11.6 Å². The van der Waals surface area contributed by atoms with Gasteiger partial charge in [0.2, 0.25) is 18.6 Å². The lowest BCUT2D eigenvalue weighted by Gasteiger charge is -2.31. The predicted octanol–water partition coefficient (Wildman–Crippen LogP) is 3.65. The maximum atomic E-state index is 12.9. The number of ether oxygens (including phenoxy) is 4. The lowest BCUT2D eigenvalue weighted by molar-refractivity contribution is -0.133. The van der Waals surface area contributed by atoms with E-state index in [0.717, 1.165) is 12.0 Å². The molecule has 0 radical (unpaired) electrons. The van der Waals surface area contributed by atoms with E-state index < -0.39 is 0 Å². The number of hydrogen-bond donors (Lipinski definition) is 1. The average Bonchev–Trinajstić information content (AvgIpc) is 3.15. The zero-order valence-corrected chi connectivity index (χ0v) is 18.9. The van der Waals surface area contributed by atoms with E-state index >= 15 is 0 Å². The molecule has 0 atom stereocenters. The summed E-state index contributed by atoms with van der Waals surface area (Å²) in [7, 11) is 0. The van der Waals surface area contributed by atoms with E-state index in [1.165, 1.54) is 0 Å². The van der Waals surface area contributed by atoms with Crippen LogP contribution in [0.25, 0.3) is 0 Å². The van der Waals surface area contributed by atoms with Crippen molar-refractivity contribution in [3.63, 3.8) is 0 Å². The highest BCUT2D eigenvalue weighted by atomic mass is 35.5. The molecule has 33 heavy (non-hydrogen) atoms. The van der Waals surface area contributed by atoms with Crippen molar-refractivity contribution in [3.8, 4) is 23.0 Å². The van der Waals surface area contributed by atoms with E-state index in [-0.39, 0.29) is 30.9 Å². The van der Waals surface area contributed by atoms with Crippen LogP contribution in [0.5, 0.6) is 23.0 Å². The van der Waals surface area contributed by atoms with Crippen molar-refractivity contribution >= 4 is 29.1 Å². The molecule has 0 unspecified atom stereocenters. The van der Waals surface area contributed by atoms with Gasteiger partial charge in [0, 0.05) is 37.2 Å². The lowest BCUT2D eigenvalue weighted by Crippen LogP contribution is -2.42. The maximum absolute atomic E-state index is 12.9. The Bertz CT molecular complexity index is 1070. The van der Waals surface area contributed by atoms with Crippen LogP contribution in [0.4, 0.5) is 5.69 Å². The summed E-state index contributed by atoms with van der Waals surface area (Å²) in [6, 6.07) is 8.93. The van der Waals surface area contributed by atoms with Crippen LogP contribution in [0.1, 0.15) is 24.8 Å². The molecule has 0 bridgehead atoms. The standard InChI is InChI=1S/C24H25ClN2O6/c25-18-10-15(11-21-23(18)31-9-1-8-30-21)12-22(28)27-6-4-16(5-7-27)24(29)26-17-2-3-19-20(13-17)33-14-32-19/h2-3,10-11,13,16H,1,4-9,12,14H2,(H,26,29). The predicted molar refractivity (Wildman–Crippen MR) is 121 cm³/mol. The number of rotatable bonds is 4. The largest absolute Gasteiger partial charge is 0.489 e. The first-order chi connectivity index (χ1) is 16.1. The maximum Gasteiger partial charge on any atom is 0.231 e. The van der Waals surface area contributed by atoms with E-state index in [2.05, 4.69) is 5.32 Å². The third-order valence-electron chi connectivity index (χ3n) is 6.08. The number of carbonyl (C=O) groups is 2. The molecule has 1 saturated heterocycles. The van der Waals surface area contributed by atoms with Crippen molar-refractivity contribution in [3.05, 3.63) is 40.9 Å². The summed E-state index contributed by atoms with van der Waals surface area (Å²) in [5, 5.41) is 3.40. The van der Waals surface area contributed by atoms with Gasteiger partial charge in [-0.05, 0) is 42.7 Å². The molecule has 174 valence electrons. The molecule has 1 fully saturated rings. The number of carbonyl (C=O) groups excluding carboxylic acids is 2. The minimum absolute atomic E-state index is 0.00943. The van der Waals surface area contributed by atoms with Gasteiger partial charge in [0.1, 0.15) is 0 Å². The van der Waals surface area contributed by atoms with E-state index in [0.29, 0.717) is 72.9 Å². The number of piperidine rings is 1. The number of amides is 2. The lowest BCUT2D eigenvalue weighted by atomic mass is 9.95. The second-order valence-corrected chi connectivity index (χ2v) is 8.75. The van der Waals surface area contributed by atoms with E-state index in [1.807, 2.05) is 6.07 Å². The van der Waals surface area contributed by atoms with E-state index in [9.17, 15) is 9.59 Å². The molecule has 0 aromatic heterocycles. The van der Waals surface area contributed by atoms with Gasteiger partial charge in [-0.3, -0.25) is 9.59 Å².